The molecular weight excluding hydrogens is 503 g/mol. The fourth-order valence-electron chi connectivity index (χ4n) is 3.90. The Morgan fingerprint density at radius 3 is 2.63 bits per heavy atom. The number of rotatable bonds is 7. The first-order valence-electron chi connectivity index (χ1n) is 10.8. The van der Waals surface area contributed by atoms with Crippen molar-refractivity contribution in [3.63, 3.8) is 0 Å². The highest BCUT2D eigenvalue weighted by Crippen LogP contribution is 2.32. The van der Waals surface area contributed by atoms with Gasteiger partial charge in [0.2, 0.25) is 0 Å². The van der Waals surface area contributed by atoms with Gasteiger partial charge in [-0.05, 0) is 31.0 Å². The summed E-state index contributed by atoms with van der Waals surface area (Å²) in [7, 11) is 0. The summed E-state index contributed by atoms with van der Waals surface area (Å²) in [5.74, 6) is -1.46. The molecule has 0 aliphatic carbocycles. The number of para-hydroxylation sites is 1. The van der Waals surface area contributed by atoms with Crippen molar-refractivity contribution >= 4 is 34.8 Å². The van der Waals surface area contributed by atoms with Crippen LogP contribution in [0.2, 0.25) is 5.02 Å². The fourth-order valence-corrected chi connectivity index (χ4v) is 5.11. The maximum Gasteiger partial charge on any atom is 0.387 e. The second kappa shape index (κ2) is 11.1. The van der Waals surface area contributed by atoms with Crippen LogP contribution in [0.3, 0.4) is 0 Å². The lowest BCUT2D eigenvalue weighted by Crippen LogP contribution is -2.38. The van der Waals surface area contributed by atoms with Crippen LogP contribution in [0.1, 0.15) is 50.2 Å². The number of alkyl halides is 2. The lowest BCUT2D eigenvalue weighted by Gasteiger charge is -2.31. The predicted molar refractivity (Wildman–Crippen MR) is 126 cm³/mol. The molecule has 1 aliphatic heterocycles. The normalized spacial score (nSPS) is 14.3. The molecule has 0 unspecified atom stereocenters. The van der Waals surface area contributed by atoms with Gasteiger partial charge in [-0.3, -0.25) is 9.59 Å². The van der Waals surface area contributed by atoms with Crippen LogP contribution in [0.5, 0.6) is 5.75 Å². The summed E-state index contributed by atoms with van der Waals surface area (Å²) in [6.45, 7) is -2.13. The number of likely N-dealkylation sites (tertiary alicyclic amines) is 1. The molecule has 0 spiro atoms. The summed E-state index contributed by atoms with van der Waals surface area (Å²) < 4.78 is 43.7. The Kier molecular flexibility index (Phi) is 7.92. The van der Waals surface area contributed by atoms with Crippen molar-refractivity contribution in [2.24, 2.45) is 0 Å². The zero-order valence-electron chi connectivity index (χ0n) is 18.3. The second-order valence-corrected chi connectivity index (χ2v) is 9.20. The number of piperidine rings is 1. The fraction of sp³-hybridized carbons (Fsp3) is 0.292. The van der Waals surface area contributed by atoms with Crippen LogP contribution in [-0.2, 0) is 6.54 Å². The lowest BCUT2D eigenvalue weighted by molar-refractivity contribution is -0.0504. The predicted octanol–water partition coefficient (Wildman–Crippen LogP) is 5.49. The van der Waals surface area contributed by atoms with E-state index in [1.165, 1.54) is 35.6 Å². The van der Waals surface area contributed by atoms with E-state index in [1.807, 2.05) is 0 Å². The van der Waals surface area contributed by atoms with Crippen molar-refractivity contribution in [2.45, 2.75) is 31.9 Å². The third kappa shape index (κ3) is 5.94. The van der Waals surface area contributed by atoms with Crippen LogP contribution in [0.15, 0.2) is 47.8 Å². The van der Waals surface area contributed by atoms with Gasteiger partial charge in [0, 0.05) is 36.5 Å². The van der Waals surface area contributed by atoms with Crippen LogP contribution in [0.25, 0.3) is 0 Å². The van der Waals surface area contributed by atoms with Gasteiger partial charge in [0.1, 0.15) is 17.3 Å². The number of ether oxygens (including phenoxy) is 1. The highest BCUT2D eigenvalue weighted by Gasteiger charge is 2.29. The molecule has 4 rings (SSSR count). The first-order valence-corrected chi connectivity index (χ1v) is 12.1. The van der Waals surface area contributed by atoms with E-state index in [0.717, 1.165) is 5.01 Å². The first-order chi connectivity index (χ1) is 16.8. The largest absolute Gasteiger partial charge is 0.434 e. The summed E-state index contributed by atoms with van der Waals surface area (Å²) >= 11 is 7.37. The molecule has 2 heterocycles. The summed E-state index contributed by atoms with van der Waals surface area (Å²) in [5.41, 5.74) is 0.527. The number of nitrogens with one attached hydrogen (secondary N) is 1. The van der Waals surface area contributed by atoms with E-state index < -0.39 is 24.2 Å². The van der Waals surface area contributed by atoms with E-state index in [1.54, 1.807) is 28.5 Å². The molecule has 1 saturated heterocycles. The van der Waals surface area contributed by atoms with Crippen LogP contribution < -0.4 is 10.1 Å². The molecule has 0 atom stereocenters. The topological polar surface area (TPSA) is 71.5 Å². The molecular formula is C24H21ClF3N3O3S. The smallest absolute Gasteiger partial charge is 0.387 e. The molecule has 1 fully saturated rings. The second-order valence-electron chi connectivity index (χ2n) is 7.90. The van der Waals surface area contributed by atoms with Crippen molar-refractivity contribution in [2.75, 3.05) is 13.1 Å². The van der Waals surface area contributed by atoms with Gasteiger partial charge in [0.25, 0.3) is 11.8 Å². The Bertz CT molecular complexity index is 1200. The van der Waals surface area contributed by atoms with Gasteiger partial charge in [-0.15, -0.1) is 11.3 Å². The summed E-state index contributed by atoms with van der Waals surface area (Å²) in [6.07, 6.45) is 1.23. The van der Waals surface area contributed by atoms with E-state index in [9.17, 15) is 22.8 Å². The maximum absolute atomic E-state index is 14.1. The number of nitrogens with zero attached hydrogens (tertiary/aromatic N) is 2. The lowest BCUT2D eigenvalue weighted by atomic mass is 9.97. The van der Waals surface area contributed by atoms with Gasteiger partial charge in [0.15, 0.2) is 0 Å². The standard InChI is InChI=1S/C24H21ClF3N3O3S/c25-16-5-3-6-17(26)20(16)23(33)31-10-8-14(9-11-31)22-30-18(13-35-22)21(32)29-12-15-4-1-2-7-19(15)34-24(27)28/h1-7,13-14,24H,8-12H2,(H,29,32). The number of carbonyl (C=O) groups excluding carboxylic acids is 2. The minimum Gasteiger partial charge on any atom is -0.434 e. The molecule has 3 aromatic rings. The van der Waals surface area contributed by atoms with Gasteiger partial charge in [-0.25, -0.2) is 9.37 Å². The van der Waals surface area contributed by atoms with Gasteiger partial charge >= 0.3 is 6.61 Å². The van der Waals surface area contributed by atoms with Crippen LogP contribution >= 0.6 is 22.9 Å². The highest BCUT2D eigenvalue weighted by atomic mass is 35.5. The molecule has 35 heavy (non-hydrogen) atoms. The molecule has 0 radical (unpaired) electrons. The molecule has 1 aromatic heterocycles. The third-order valence-corrected chi connectivity index (χ3v) is 7.01. The van der Waals surface area contributed by atoms with Gasteiger partial charge in [-0.1, -0.05) is 35.9 Å². The number of amides is 2. The van der Waals surface area contributed by atoms with Gasteiger partial charge < -0.3 is 15.0 Å². The Morgan fingerprint density at radius 2 is 1.91 bits per heavy atom. The van der Waals surface area contributed by atoms with Crippen molar-refractivity contribution in [3.05, 3.63) is 80.5 Å². The van der Waals surface area contributed by atoms with E-state index in [2.05, 4.69) is 15.0 Å². The minimum atomic E-state index is -2.96. The van der Waals surface area contributed by atoms with Crippen molar-refractivity contribution in [3.8, 4) is 5.75 Å². The van der Waals surface area contributed by atoms with Crippen molar-refractivity contribution in [1.82, 2.24) is 15.2 Å². The Balaban J connectivity index is 1.33. The van der Waals surface area contributed by atoms with E-state index in [4.69, 9.17) is 11.6 Å². The minimum absolute atomic E-state index is 0.000236. The van der Waals surface area contributed by atoms with E-state index in [0.29, 0.717) is 31.5 Å². The highest BCUT2D eigenvalue weighted by molar-refractivity contribution is 7.09. The third-order valence-electron chi connectivity index (χ3n) is 5.69. The average Bonchev–Trinajstić information content (AvgIpc) is 3.33. The number of halogens is 4. The van der Waals surface area contributed by atoms with Crippen LogP contribution in [0.4, 0.5) is 13.2 Å². The van der Waals surface area contributed by atoms with Crippen LogP contribution in [-0.4, -0.2) is 41.4 Å². The van der Waals surface area contributed by atoms with Gasteiger partial charge in [-0.2, -0.15) is 8.78 Å². The molecule has 2 amide bonds. The molecule has 184 valence electrons. The number of aromatic nitrogens is 1. The molecule has 1 aliphatic rings. The summed E-state index contributed by atoms with van der Waals surface area (Å²) in [6, 6.07) is 10.4. The SMILES string of the molecule is O=C(NCc1ccccc1OC(F)F)c1csc(C2CCN(C(=O)c3c(F)cccc3Cl)CC2)n1. The number of benzene rings is 2. The maximum atomic E-state index is 14.1. The first kappa shape index (κ1) is 25.0. The molecule has 0 bridgehead atoms. The van der Waals surface area contributed by atoms with Gasteiger partial charge in [0.05, 0.1) is 15.6 Å². The monoisotopic (exact) mass is 523 g/mol. The molecule has 11 heteroatoms. The molecule has 6 nitrogen and oxygen atoms in total. The van der Waals surface area contributed by atoms with E-state index >= 15 is 0 Å². The average molecular weight is 524 g/mol. The number of hydrogen-bond donors (Lipinski definition) is 1. The number of hydrogen-bond acceptors (Lipinski definition) is 5. The summed E-state index contributed by atoms with van der Waals surface area (Å²) in [4.78, 5) is 31.3. The number of carbonyl (C=O) groups is 2. The molecule has 0 saturated carbocycles. The summed E-state index contributed by atoms with van der Waals surface area (Å²) in [5, 5.41) is 5.17. The number of thiazole rings is 1. The zero-order chi connectivity index (χ0) is 24.9. The Labute approximate surface area is 208 Å². The molecule has 2 aromatic carbocycles. The zero-order valence-corrected chi connectivity index (χ0v) is 19.9. The van der Waals surface area contributed by atoms with Crippen LogP contribution in [0, 0.1) is 5.82 Å². The van der Waals surface area contributed by atoms with Crippen molar-refractivity contribution < 1.29 is 27.5 Å². The van der Waals surface area contributed by atoms with E-state index in [-0.39, 0.29) is 34.5 Å². The Hall–Kier alpha value is -3.11. The van der Waals surface area contributed by atoms with Crippen molar-refractivity contribution in [1.29, 1.82) is 0 Å². The Morgan fingerprint density at radius 1 is 1.17 bits per heavy atom. The molecule has 1 N–H and O–H groups in total. The quantitative estimate of drug-likeness (QED) is 0.445.